The minimum Gasteiger partial charge on any atom is -0.308 e. The monoisotopic (exact) mass is 226 g/mol. The van der Waals surface area contributed by atoms with Gasteiger partial charge in [-0.25, -0.2) is 4.98 Å². The molecule has 0 aliphatic heterocycles. The van der Waals surface area contributed by atoms with E-state index >= 15 is 0 Å². The number of nitrogens with zero attached hydrogens (tertiary/aromatic N) is 2. The van der Waals surface area contributed by atoms with Crippen molar-refractivity contribution in [1.82, 2.24) is 9.55 Å². The van der Waals surface area contributed by atoms with Crippen LogP contribution in [0.3, 0.4) is 0 Å². The molecule has 0 saturated carbocycles. The summed E-state index contributed by atoms with van der Waals surface area (Å²) in [6.07, 6.45) is 5.20. The molecule has 0 radical (unpaired) electrons. The molecular weight excluding hydrogens is 212 g/mol. The van der Waals surface area contributed by atoms with Crippen molar-refractivity contribution in [3.63, 3.8) is 0 Å². The van der Waals surface area contributed by atoms with Crippen LogP contribution < -0.4 is 0 Å². The maximum absolute atomic E-state index is 12.0. The number of rotatable bonds is 3. The molecule has 1 heterocycles. The smallest absolute Gasteiger partial charge is 0.187 e. The highest BCUT2D eigenvalue weighted by atomic mass is 16.1. The number of hydrogen-bond donors (Lipinski definition) is 0. The SMILES string of the molecule is C/C(=C\C(=O)c1ccccc1)n1ccnc1C. The molecule has 3 nitrogen and oxygen atoms in total. The molecular formula is C14H14N2O. The number of carbonyl (C=O) groups excluding carboxylic acids is 1. The van der Waals surface area contributed by atoms with Crippen molar-refractivity contribution in [2.24, 2.45) is 0 Å². The number of aromatic nitrogens is 2. The van der Waals surface area contributed by atoms with Crippen molar-refractivity contribution in [1.29, 1.82) is 0 Å². The summed E-state index contributed by atoms with van der Waals surface area (Å²) >= 11 is 0. The van der Waals surface area contributed by atoms with Gasteiger partial charge in [0.15, 0.2) is 5.78 Å². The van der Waals surface area contributed by atoms with E-state index in [9.17, 15) is 4.79 Å². The van der Waals surface area contributed by atoms with E-state index in [1.54, 1.807) is 12.3 Å². The Morgan fingerprint density at radius 3 is 2.59 bits per heavy atom. The van der Waals surface area contributed by atoms with Gasteiger partial charge in [0, 0.05) is 29.7 Å². The molecule has 0 atom stereocenters. The molecule has 0 unspecified atom stereocenters. The lowest BCUT2D eigenvalue weighted by Crippen LogP contribution is -2.00. The predicted octanol–water partition coefficient (Wildman–Crippen LogP) is 2.94. The normalized spacial score (nSPS) is 11.5. The fourth-order valence-electron chi connectivity index (χ4n) is 1.70. The molecule has 0 N–H and O–H groups in total. The highest BCUT2D eigenvalue weighted by Gasteiger charge is 2.04. The van der Waals surface area contributed by atoms with Crippen molar-refractivity contribution >= 4 is 11.5 Å². The first-order valence-electron chi connectivity index (χ1n) is 5.46. The van der Waals surface area contributed by atoms with Gasteiger partial charge in [-0.1, -0.05) is 30.3 Å². The summed E-state index contributed by atoms with van der Waals surface area (Å²) in [4.78, 5) is 16.1. The van der Waals surface area contributed by atoms with Crippen molar-refractivity contribution in [2.75, 3.05) is 0 Å². The maximum atomic E-state index is 12.0. The third-order valence-electron chi connectivity index (χ3n) is 2.60. The lowest BCUT2D eigenvalue weighted by atomic mass is 10.1. The molecule has 2 aromatic rings. The fraction of sp³-hybridized carbons (Fsp3) is 0.143. The van der Waals surface area contributed by atoms with E-state index in [0.717, 1.165) is 11.5 Å². The standard InChI is InChI=1S/C14H14N2O/c1-11(16-9-8-15-12(16)2)10-14(17)13-6-4-3-5-7-13/h3-10H,1-2H3/b11-10+. The first-order chi connectivity index (χ1) is 8.18. The lowest BCUT2D eigenvalue weighted by molar-refractivity contribution is 0.104. The Bertz CT molecular complexity index is 553. The number of allylic oxidation sites excluding steroid dienone is 2. The molecule has 0 saturated heterocycles. The van der Waals surface area contributed by atoms with Gasteiger partial charge < -0.3 is 4.57 Å². The Kier molecular flexibility index (Phi) is 3.19. The second kappa shape index (κ2) is 4.78. The zero-order chi connectivity index (χ0) is 12.3. The van der Waals surface area contributed by atoms with Gasteiger partial charge in [-0.05, 0) is 13.8 Å². The van der Waals surface area contributed by atoms with Crippen molar-refractivity contribution in [3.8, 4) is 0 Å². The van der Waals surface area contributed by atoms with Crippen LogP contribution in [0.1, 0.15) is 23.1 Å². The summed E-state index contributed by atoms with van der Waals surface area (Å²) in [6.45, 7) is 3.81. The number of benzene rings is 1. The Hall–Kier alpha value is -2.16. The average Bonchev–Trinajstić information content (AvgIpc) is 2.76. The average molecular weight is 226 g/mol. The van der Waals surface area contributed by atoms with Crippen molar-refractivity contribution < 1.29 is 4.79 Å². The van der Waals surface area contributed by atoms with E-state index in [-0.39, 0.29) is 5.78 Å². The Morgan fingerprint density at radius 2 is 2.00 bits per heavy atom. The van der Waals surface area contributed by atoms with E-state index in [0.29, 0.717) is 5.56 Å². The summed E-state index contributed by atoms with van der Waals surface area (Å²) in [5, 5.41) is 0. The highest BCUT2D eigenvalue weighted by molar-refractivity contribution is 6.07. The zero-order valence-electron chi connectivity index (χ0n) is 9.92. The van der Waals surface area contributed by atoms with Crippen molar-refractivity contribution in [3.05, 3.63) is 60.2 Å². The third-order valence-corrected chi connectivity index (χ3v) is 2.60. The maximum Gasteiger partial charge on any atom is 0.187 e. The van der Waals surface area contributed by atoms with Gasteiger partial charge in [0.05, 0.1) is 0 Å². The Balaban J connectivity index is 2.26. The van der Waals surface area contributed by atoms with Gasteiger partial charge in [0.25, 0.3) is 0 Å². The van der Waals surface area contributed by atoms with Gasteiger partial charge in [-0.2, -0.15) is 0 Å². The third kappa shape index (κ3) is 2.50. The molecule has 0 bridgehead atoms. The molecule has 0 aliphatic rings. The fourth-order valence-corrected chi connectivity index (χ4v) is 1.70. The molecule has 86 valence electrons. The molecule has 0 spiro atoms. The molecule has 0 fully saturated rings. The predicted molar refractivity (Wildman–Crippen MR) is 67.7 cm³/mol. The van der Waals surface area contributed by atoms with Gasteiger partial charge in [0.1, 0.15) is 5.82 Å². The van der Waals surface area contributed by atoms with Crippen LogP contribution in [-0.4, -0.2) is 15.3 Å². The van der Waals surface area contributed by atoms with Crippen LogP contribution >= 0.6 is 0 Å². The van der Waals surface area contributed by atoms with Crippen LogP contribution in [0.2, 0.25) is 0 Å². The number of imidazole rings is 1. The van der Waals surface area contributed by atoms with Crippen LogP contribution in [0.4, 0.5) is 0 Å². The number of aryl methyl sites for hydroxylation is 1. The van der Waals surface area contributed by atoms with Crippen LogP contribution in [-0.2, 0) is 0 Å². The van der Waals surface area contributed by atoms with E-state index in [1.807, 2.05) is 54.9 Å². The van der Waals surface area contributed by atoms with Gasteiger partial charge in [0.2, 0.25) is 0 Å². The molecule has 3 heteroatoms. The molecule has 1 aromatic carbocycles. The largest absolute Gasteiger partial charge is 0.308 e. The zero-order valence-corrected chi connectivity index (χ0v) is 9.92. The minimum absolute atomic E-state index is 0.0104. The van der Waals surface area contributed by atoms with E-state index in [1.165, 1.54) is 0 Å². The topological polar surface area (TPSA) is 34.9 Å². The molecule has 0 aliphatic carbocycles. The number of ketones is 1. The first kappa shape index (κ1) is 11.3. The molecule has 2 rings (SSSR count). The van der Waals surface area contributed by atoms with Crippen LogP contribution in [0, 0.1) is 6.92 Å². The molecule has 17 heavy (non-hydrogen) atoms. The van der Waals surface area contributed by atoms with Crippen LogP contribution in [0.15, 0.2) is 48.8 Å². The van der Waals surface area contributed by atoms with E-state index in [2.05, 4.69) is 4.98 Å². The van der Waals surface area contributed by atoms with Gasteiger partial charge in [-0.15, -0.1) is 0 Å². The van der Waals surface area contributed by atoms with Gasteiger partial charge >= 0.3 is 0 Å². The van der Waals surface area contributed by atoms with Crippen LogP contribution in [0.5, 0.6) is 0 Å². The Labute approximate surface area is 100 Å². The highest BCUT2D eigenvalue weighted by Crippen LogP contribution is 2.09. The first-order valence-corrected chi connectivity index (χ1v) is 5.46. The second-order valence-electron chi connectivity index (χ2n) is 3.86. The van der Waals surface area contributed by atoms with E-state index in [4.69, 9.17) is 0 Å². The number of hydrogen-bond acceptors (Lipinski definition) is 2. The molecule has 0 amide bonds. The summed E-state index contributed by atoms with van der Waals surface area (Å²) in [6, 6.07) is 9.24. The van der Waals surface area contributed by atoms with Crippen molar-refractivity contribution in [2.45, 2.75) is 13.8 Å². The lowest BCUT2D eigenvalue weighted by Gasteiger charge is -2.04. The van der Waals surface area contributed by atoms with Gasteiger partial charge in [-0.3, -0.25) is 4.79 Å². The minimum atomic E-state index is 0.0104. The molecule has 1 aromatic heterocycles. The number of carbonyl (C=O) groups is 1. The van der Waals surface area contributed by atoms with Crippen LogP contribution in [0.25, 0.3) is 5.70 Å². The quantitative estimate of drug-likeness (QED) is 0.595. The second-order valence-corrected chi connectivity index (χ2v) is 3.86. The summed E-state index contributed by atoms with van der Waals surface area (Å²) in [7, 11) is 0. The summed E-state index contributed by atoms with van der Waals surface area (Å²) < 4.78 is 1.89. The summed E-state index contributed by atoms with van der Waals surface area (Å²) in [5.41, 5.74) is 1.57. The van der Waals surface area contributed by atoms with E-state index < -0.39 is 0 Å². The summed E-state index contributed by atoms with van der Waals surface area (Å²) in [5.74, 6) is 0.885. The Morgan fingerprint density at radius 1 is 1.29 bits per heavy atom.